The Morgan fingerprint density at radius 3 is 2.67 bits per heavy atom. The Hall–Kier alpha value is -1.38. The van der Waals surface area contributed by atoms with Gasteiger partial charge in [-0.2, -0.15) is 5.10 Å². The quantitative estimate of drug-likeness (QED) is 0.841. The number of hydrogen-bond donors (Lipinski definition) is 2. The van der Waals surface area contributed by atoms with Crippen molar-refractivity contribution in [3.8, 4) is 0 Å². The van der Waals surface area contributed by atoms with Crippen molar-refractivity contribution in [2.45, 2.75) is 18.4 Å². The van der Waals surface area contributed by atoms with Crippen LogP contribution < -0.4 is 10.0 Å². The maximum Gasteiger partial charge on any atom is 0.262 e. The molecule has 0 fully saturated rings. The number of rotatable bonds is 5. The van der Waals surface area contributed by atoms with E-state index in [1.807, 2.05) is 13.1 Å². The molecule has 8 heteroatoms. The lowest BCUT2D eigenvalue weighted by molar-refractivity contribution is 0.600. The number of halogens is 1. The zero-order valence-corrected chi connectivity index (χ0v) is 14.4. The summed E-state index contributed by atoms with van der Waals surface area (Å²) in [5, 5.41) is 6.96. The first-order valence-corrected chi connectivity index (χ1v) is 8.56. The molecule has 114 valence electrons. The van der Waals surface area contributed by atoms with E-state index >= 15 is 0 Å². The monoisotopic (exact) mass is 372 g/mol. The van der Waals surface area contributed by atoms with Crippen molar-refractivity contribution in [3.05, 3.63) is 40.1 Å². The van der Waals surface area contributed by atoms with Crippen molar-refractivity contribution in [3.63, 3.8) is 0 Å². The Bertz CT molecular complexity index is 756. The molecule has 0 amide bonds. The maximum atomic E-state index is 12.6. The van der Waals surface area contributed by atoms with Gasteiger partial charge in [0.25, 0.3) is 10.0 Å². The van der Waals surface area contributed by atoms with Crippen LogP contribution in [0.5, 0.6) is 0 Å². The van der Waals surface area contributed by atoms with E-state index in [1.54, 1.807) is 26.2 Å². The number of nitrogens with one attached hydrogen (secondary N) is 2. The molecule has 6 nitrogen and oxygen atoms in total. The molecule has 0 aliphatic rings. The number of sulfonamides is 1. The van der Waals surface area contributed by atoms with Crippen LogP contribution in [0.2, 0.25) is 0 Å². The van der Waals surface area contributed by atoms with E-state index < -0.39 is 10.0 Å². The lowest BCUT2D eigenvalue weighted by atomic mass is 10.1. The summed E-state index contributed by atoms with van der Waals surface area (Å²) in [5.41, 5.74) is 2.00. The minimum absolute atomic E-state index is 0.256. The van der Waals surface area contributed by atoms with E-state index in [9.17, 15) is 8.42 Å². The second-order valence-corrected chi connectivity index (χ2v) is 7.24. The van der Waals surface area contributed by atoms with Gasteiger partial charge in [-0.1, -0.05) is 15.9 Å². The van der Waals surface area contributed by atoms with Crippen molar-refractivity contribution in [2.24, 2.45) is 7.05 Å². The van der Waals surface area contributed by atoms with Gasteiger partial charge in [-0.25, -0.2) is 8.42 Å². The van der Waals surface area contributed by atoms with Crippen LogP contribution in [-0.4, -0.2) is 25.2 Å². The van der Waals surface area contributed by atoms with Crippen molar-refractivity contribution in [2.75, 3.05) is 11.8 Å². The fourth-order valence-electron chi connectivity index (χ4n) is 1.98. The highest BCUT2D eigenvalue weighted by Gasteiger charge is 2.20. The molecule has 1 aromatic carbocycles. The third-order valence-electron chi connectivity index (χ3n) is 2.98. The second-order valence-electron chi connectivity index (χ2n) is 4.74. The summed E-state index contributed by atoms with van der Waals surface area (Å²) in [6, 6.07) is 3.59. The lowest BCUT2D eigenvalue weighted by Gasteiger charge is -2.12. The third kappa shape index (κ3) is 3.63. The summed E-state index contributed by atoms with van der Waals surface area (Å²) in [6.07, 6.45) is 3.08. The van der Waals surface area contributed by atoms with Gasteiger partial charge in [-0.05, 0) is 37.2 Å². The zero-order valence-electron chi connectivity index (χ0n) is 12.0. The fourth-order valence-corrected chi connectivity index (χ4v) is 3.96. The highest BCUT2D eigenvalue weighted by molar-refractivity contribution is 9.10. The fraction of sp³-hybridized carbons (Fsp3) is 0.308. The molecule has 1 heterocycles. The third-order valence-corrected chi connectivity index (χ3v) is 5.32. The number of hydrogen-bond acceptors (Lipinski definition) is 4. The van der Waals surface area contributed by atoms with E-state index in [-0.39, 0.29) is 4.90 Å². The van der Waals surface area contributed by atoms with Crippen molar-refractivity contribution in [1.82, 2.24) is 15.1 Å². The summed E-state index contributed by atoms with van der Waals surface area (Å²) in [4.78, 5) is 0.256. The largest absolute Gasteiger partial charge is 0.316 e. The normalized spacial score (nSPS) is 11.6. The van der Waals surface area contributed by atoms with Gasteiger partial charge in [0, 0.05) is 24.3 Å². The second kappa shape index (κ2) is 6.17. The average Bonchev–Trinajstić information content (AvgIpc) is 2.78. The first-order chi connectivity index (χ1) is 9.83. The van der Waals surface area contributed by atoms with Crippen LogP contribution >= 0.6 is 15.9 Å². The SMILES string of the molecule is CNCc1cc(Br)c(C)c(S(=O)(=O)Nc2cnn(C)c2)c1. The number of aryl methyl sites for hydroxylation is 1. The Labute approximate surface area is 132 Å². The molecule has 1 aromatic heterocycles. The van der Waals surface area contributed by atoms with Gasteiger partial charge < -0.3 is 5.32 Å². The van der Waals surface area contributed by atoms with Crippen LogP contribution in [0.4, 0.5) is 5.69 Å². The number of aromatic nitrogens is 2. The topological polar surface area (TPSA) is 76.0 Å². The van der Waals surface area contributed by atoms with E-state index in [0.717, 1.165) is 10.0 Å². The Morgan fingerprint density at radius 1 is 1.38 bits per heavy atom. The lowest BCUT2D eigenvalue weighted by Crippen LogP contribution is -2.15. The maximum absolute atomic E-state index is 12.6. The molecule has 0 spiro atoms. The first kappa shape index (κ1) is 16.0. The molecule has 0 aliphatic heterocycles. The molecule has 0 atom stereocenters. The van der Waals surface area contributed by atoms with Gasteiger partial charge in [0.05, 0.1) is 16.8 Å². The highest BCUT2D eigenvalue weighted by Crippen LogP contribution is 2.27. The smallest absolute Gasteiger partial charge is 0.262 e. The van der Waals surface area contributed by atoms with E-state index in [2.05, 4.69) is 31.1 Å². The number of anilines is 1. The standard InChI is InChI=1S/C13H17BrN4O2S/c1-9-12(14)4-10(6-15-2)5-13(9)21(19,20)17-11-7-16-18(3)8-11/h4-5,7-8,15,17H,6H2,1-3H3. The van der Waals surface area contributed by atoms with E-state index in [4.69, 9.17) is 0 Å². The van der Waals surface area contributed by atoms with Crippen LogP contribution in [0, 0.1) is 6.92 Å². The molecule has 21 heavy (non-hydrogen) atoms. The summed E-state index contributed by atoms with van der Waals surface area (Å²) in [5.74, 6) is 0. The summed E-state index contributed by atoms with van der Waals surface area (Å²) in [7, 11) is -0.110. The van der Waals surface area contributed by atoms with E-state index in [1.165, 1.54) is 10.9 Å². The van der Waals surface area contributed by atoms with Gasteiger partial charge in [0.15, 0.2) is 0 Å². The number of nitrogens with zero attached hydrogens (tertiary/aromatic N) is 2. The van der Waals surface area contributed by atoms with Gasteiger partial charge in [-0.15, -0.1) is 0 Å². The molecule has 0 aliphatic carbocycles. The van der Waals surface area contributed by atoms with Crippen LogP contribution in [0.1, 0.15) is 11.1 Å². The van der Waals surface area contributed by atoms with Crippen LogP contribution in [-0.2, 0) is 23.6 Å². The summed E-state index contributed by atoms with van der Waals surface area (Å²) >= 11 is 3.41. The predicted octanol–water partition coefficient (Wildman–Crippen LogP) is 2.01. The van der Waals surface area contributed by atoms with Crippen molar-refractivity contribution < 1.29 is 8.42 Å². The Morgan fingerprint density at radius 2 is 2.10 bits per heavy atom. The highest BCUT2D eigenvalue weighted by atomic mass is 79.9. The van der Waals surface area contributed by atoms with Gasteiger partial charge >= 0.3 is 0 Å². The molecule has 0 bridgehead atoms. The van der Waals surface area contributed by atoms with Gasteiger partial charge in [0.1, 0.15) is 0 Å². The van der Waals surface area contributed by atoms with Crippen molar-refractivity contribution in [1.29, 1.82) is 0 Å². The van der Waals surface area contributed by atoms with Crippen LogP contribution in [0.25, 0.3) is 0 Å². The molecule has 2 N–H and O–H groups in total. The molecule has 0 saturated heterocycles. The summed E-state index contributed by atoms with van der Waals surface area (Å²) in [6.45, 7) is 2.36. The number of benzene rings is 1. The Balaban J connectivity index is 2.43. The zero-order chi connectivity index (χ0) is 15.6. The van der Waals surface area contributed by atoms with E-state index in [0.29, 0.717) is 17.8 Å². The average molecular weight is 373 g/mol. The predicted molar refractivity (Wildman–Crippen MR) is 85.7 cm³/mol. The van der Waals surface area contributed by atoms with Gasteiger partial charge in [-0.3, -0.25) is 9.40 Å². The molecular formula is C13H17BrN4O2S. The van der Waals surface area contributed by atoms with Gasteiger partial charge in [0.2, 0.25) is 0 Å². The Kier molecular flexibility index (Phi) is 4.70. The minimum atomic E-state index is -3.66. The minimum Gasteiger partial charge on any atom is -0.316 e. The molecule has 2 aromatic rings. The molecule has 2 rings (SSSR count). The molecule has 0 unspecified atom stereocenters. The summed E-state index contributed by atoms with van der Waals surface area (Å²) < 4.78 is 29.9. The molecule has 0 saturated carbocycles. The molecular weight excluding hydrogens is 356 g/mol. The van der Waals surface area contributed by atoms with Crippen molar-refractivity contribution >= 4 is 31.6 Å². The van der Waals surface area contributed by atoms with Crippen LogP contribution in [0.3, 0.4) is 0 Å². The molecule has 0 radical (unpaired) electrons. The van der Waals surface area contributed by atoms with Crippen LogP contribution in [0.15, 0.2) is 33.9 Å². The first-order valence-electron chi connectivity index (χ1n) is 6.28.